The van der Waals surface area contributed by atoms with Gasteiger partial charge in [-0.2, -0.15) is 0 Å². The van der Waals surface area contributed by atoms with Crippen LogP contribution >= 0.6 is 0 Å². The highest BCUT2D eigenvalue weighted by atomic mass is 16.5. The SMILES string of the molecule is CCOC(=O)c1c(N2CCCC2)c2ccccc2n(CC)c1=O. The molecule has 2 aromatic rings. The summed E-state index contributed by atoms with van der Waals surface area (Å²) in [5.41, 5.74) is 1.53. The van der Waals surface area contributed by atoms with Crippen LogP contribution in [0.2, 0.25) is 0 Å². The van der Waals surface area contributed by atoms with E-state index in [0.717, 1.165) is 42.5 Å². The number of para-hydroxylation sites is 1. The minimum Gasteiger partial charge on any atom is -0.462 e. The molecule has 5 heteroatoms. The molecule has 0 bridgehead atoms. The number of hydrogen-bond acceptors (Lipinski definition) is 4. The summed E-state index contributed by atoms with van der Waals surface area (Å²) in [5.74, 6) is -0.521. The average Bonchev–Trinajstić information content (AvgIpc) is 3.08. The van der Waals surface area contributed by atoms with Gasteiger partial charge in [-0.15, -0.1) is 0 Å². The van der Waals surface area contributed by atoms with Crippen LogP contribution < -0.4 is 10.5 Å². The first-order valence-corrected chi connectivity index (χ1v) is 8.26. The quantitative estimate of drug-likeness (QED) is 0.814. The molecule has 0 radical (unpaired) electrons. The molecule has 2 heterocycles. The second-order valence-electron chi connectivity index (χ2n) is 5.70. The Morgan fingerprint density at radius 2 is 1.87 bits per heavy atom. The summed E-state index contributed by atoms with van der Waals surface area (Å²) < 4.78 is 6.83. The summed E-state index contributed by atoms with van der Waals surface area (Å²) >= 11 is 0. The van der Waals surface area contributed by atoms with Gasteiger partial charge in [-0.1, -0.05) is 18.2 Å². The molecular weight excluding hydrogens is 292 g/mol. The lowest BCUT2D eigenvalue weighted by atomic mass is 10.1. The number of nitrogens with zero attached hydrogens (tertiary/aromatic N) is 2. The number of aryl methyl sites for hydroxylation is 1. The Hall–Kier alpha value is -2.30. The van der Waals surface area contributed by atoms with Crippen LogP contribution in [0.3, 0.4) is 0 Å². The minimum absolute atomic E-state index is 0.175. The van der Waals surface area contributed by atoms with E-state index < -0.39 is 5.97 Å². The summed E-state index contributed by atoms with van der Waals surface area (Å²) in [6.45, 7) is 6.19. The van der Waals surface area contributed by atoms with Crippen molar-refractivity contribution in [3.63, 3.8) is 0 Å². The molecule has 0 atom stereocenters. The van der Waals surface area contributed by atoms with E-state index in [0.29, 0.717) is 6.54 Å². The van der Waals surface area contributed by atoms with E-state index in [-0.39, 0.29) is 17.7 Å². The van der Waals surface area contributed by atoms with Crippen LogP contribution in [0.5, 0.6) is 0 Å². The van der Waals surface area contributed by atoms with E-state index in [1.807, 2.05) is 31.2 Å². The molecule has 1 aliphatic rings. The zero-order chi connectivity index (χ0) is 16.4. The molecule has 0 N–H and O–H groups in total. The third kappa shape index (κ3) is 2.60. The molecule has 1 fully saturated rings. The third-order valence-electron chi connectivity index (χ3n) is 4.36. The number of ether oxygens (including phenoxy) is 1. The predicted molar refractivity (Wildman–Crippen MR) is 91.3 cm³/mol. The van der Waals surface area contributed by atoms with Crippen molar-refractivity contribution < 1.29 is 9.53 Å². The second kappa shape index (κ2) is 6.44. The lowest BCUT2D eigenvalue weighted by molar-refractivity contribution is 0.0524. The van der Waals surface area contributed by atoms with Crippen molar-refractivity contribution in [1.29, 1.82) is 0 Å². The maximum atomic E-state index is 12.9. The zero-order valence-electron chi connectivity index (χ0n) is 13.7. The first-order chi connectivity index (χ1) is 11.2. The van der Waals surface area contributed by atoms with Gasteiger partial charge in [0.15, 0.2) is 0 Å². The molecule has 0 unspecified atom stereocenters. The van der Waals surface area contributed by atoms with Crippen LogP contribution in [0.15, 0.2) is 29.1 Å². The second-order valence-corrected chi connectivity index (χ2v) is 5.70. The third-order valence-corrected chi connectivity index (χ3v) is 4.36. The van der Waals surface area contributed by atoms with Crippen LogP contribution in [0.25, 0.3) is 10.9 Å². The van der Waals surface area contributed by atoms with Crippen LogP contribution in [-0.2, 0) is 11.3 Å². The van der Waals surface area contributed by atoms with Gasteiger partial charge in [0, 0.05) is 25.0 Å². The summed E-state index contributed by atoms with van der Waals surface area (Å²) in [4.78, 5) is 27.6. The molecule has 0 spiro atoms. The number of pyridine rings is 1. The molecule has 1 aromatic heterocycles. The van der Waals surface area contributed by atoms with Crippen LogP contribution in [0, 0.1) is 0 Å². The van der Waals surface area contributed by atoms with Gasteiger partial charge >= 0.3 is 5.97 Å². The summed E-state index contributed by atoms with van der Waals surface area (Å²) in [5, 5.41) is 0.943. The van der Waals surface area contributed by atoms with Crippen molar-refractivity contribution in [2.45, 2.75) is 33.2 Å². The van der Waals surface area contributed by atoms with Crippen molar-refractivity contribution in [2.75, 3.05) is 24.6 Å². The predicted octanol–water partition coefficient (Wildman–Crippen LogP) is 2.80. The van der Waals surface area contributed by atoms with Gasteiger partial charge in [-0.25, -0.2) is 4.79 Å². The molecule has 23 heavy (non-hydrogen) atoms. The van der Waals surface area contributed by atoms with Gasteiger partial charge in [0.2, 0.25) is 0 Å². The van der Waals surface area contributed by atoms with Crippen LogP contribution in [0.4, 0.5) is 5.69 Å². The number of carbonyl (C=O) groups is 1. The molecule has 122 valence electrons. The van der Waals surface area contributed by atoms with Crippen LogP contribution in [0.1, 0.15) is 37.0 Å². The Kier molecular flexibility index (Phi) is 4.37. The van der Waals surface area contributed by atoms with Crippen molar-refractivity contribution >= 4 is 22.6 Å². The molecule has 0 aliphatic carbocycles. The maximum Gasteiger partial charge on any atom is 0.345 e. The topological polar surface area (TPSA) is 51.5 Å². The fraction of sp³-hybridized carbons (Fsp3) is 0.444. The Bertz CT molecular complexity index is 789. The number of esters is 1. The van der Waals surface area contributed by atoms with Crippen LogP contribution in [-0.4, -0.2) is 30.2 Å². The highest BCUT2D eigenvalue weighted by Gasteiger charge is 2.27. The normalized spacial score (nSPS) is 14.4. The van der Waals surface area contributed by atoms with Gasteiger partial charge in [-0.05, 0) is 32.8 Å². The number of carbonyl (C=O) groups excluding carboxylic acids is 1. The zero-order valence-corrected chi connectivity index (χ0v) is 13.7. The van der Waals surface area contributed by atoms with E-state index in [9.17, 15) is 9.59 Å². The molecule has 1 saturated heterocycles. The Morgan fingerprint density at radius 3 is 2.52 bits per heavy atom. The summed E-state index contributed by atoms with van der Waals surface area (Å²) in [7, 11) is 0. The number of benzene rings is 1. The lowest BCUT2D eigenvalue weighted by Gasteiger charge is -2.24. The first-order valence-electron chi connectivity index (χ1n) is 8.26. The average molecular weight is 314 g/mol. The fourth-order valence-corrected chi connectivity index (χ4v) is 3.36. The van der Waals surface area contributed by atoms with Gasteiger partial charge in [0.05, 0.1) is 17.8 Å². The fourth-order valence-electron chi connectivity index (χ4n) is 3.36. The Morgan fingerprint density at radius 1 is 1.17 bits per heavy atom. The van der Waals surface area contributed by atoms with Gasteiger partial charge < -0.3 is 14.2 Å². The Balaban J connectivity index is 2.37. The molecule has 1 aliphatic heterocycles. The minimum atomic E-state index is -0.521. The number of rotatable bonds is 4. The van der Waals surface area contributed by atoms with E-state index >= 15 is 0 Å². The van der Waals surface area contributed by atoms with E-state index in [1.165, 1.54) is 0 Å². The largest absolute Gasteiger partial charge is 0.462 e. The molecule has 0 saturated carbocycles. The molecule has 1 aromatic carbocycles. The Labute approximate surface area is 135 Å². The van der Waals surface area contributed by atoms with Crippen molar-refractivity contribution in [3.8, 4) is 0 Å². The van der Waals surface area contributed by atoms with E-state index in [1.54, 1.807) is 11.5 Å². The molecule has 5 nitrogen and oxygen atoms in total. The molecular formula is C18H22N2O3. The monoisotopic (exact) mass is 314 g/mol. The molecule has 0 amide bonds. The number of hydrogen-bond donors (Lipinski definition) is 0. The van der Waals surface area contributed by atoms with Gasteiger partial charge in [0.1, 0.15) is 5.56 Å². The molecule has 3 rings (SSSR count). The summed E-state index contributed by atoms with van der Waals surface area (Å²) in [6.07, 6.45) is 2.15. The highest BCUT2D eigenvalue weighted by molar-refractivity contribution is 6.05. The van der Waals surface area contributed by atoms with Crippen molar-refractivity contribution in [2.24, 2.45) is 0 Å². The maximum absolute atomic E-state index is 12.9. The lowest BCUT2D eigenvalue weighted by Crippen LogP contribution is -2.32. The van der Waals surface area contributed by atoms with Crippen molar-refractivity contribution in [3.05, 3.63) is 40.2 Å². The smallest absolute Gasteiger partial charge is 0.345 e. The highest BCUT2D eigenvalue weighted by Crippen LogP contribution is 2.31. The van der Waals surface area contributed by atoms with Gasteiger partial charge in [-0.3, -0.25) is 4.79 Å². The van der Waals surface area contributed by atoms with Gasteiger partial charge in [0.25, 0.3) is 5.56 Å². The van der Waals surface area contributed by atoms with Crippen molar-refractivity contribution in [1.82, 2.24) is 4.57 Å². The standard InChI is InChI=1S/C18H22N2O3/c1-3-20-14-10-6-5-9-13(14)16(19-11-7-8-12-19)15(17(20)21)18(22)23-4-2/h5-6,9-10H,3-4,7-8,11-12H2,1-2H3. The van der Waals surface area contributed by atoms with E-state index in [2.05, 4.69) is 4.90 Å². The first kappa shape index (κ1) is 15.6. The number of anilines is 1. The number of aromatic nitrogens is 1. The summed E-state index contributed by atoms with van der Waals surface area (Å²) in [6, 6.07) is 7.79. The number of fused-ring (bicyclic) bond motifs is 1. The van der Waals surface area contributed by atoms with E-state index in [4.69, 9.17) is 4.74 Å².